The summed E-state index contributed by atoms with van der Waals surface area (Å²) in [7, 11) is -1.18. The van der Waals surface area contributed by atoms with Gasteiger partial charge in [0.15, 0.2) is 0 Å². The van der Waals surface area contributed by atoms with Gasteiger partial charge in [0, 0.05) is 84.4 Å². The molecule has 0 saturated carbocycles. The number of hydrogen-bond donors (Lipinski definition) is 14. The molecule has 2 saturated heterocycles. The fraction of sp³-hybridized carbons (Fsp3) is 0.604. The summed E-state index contributed by atoms with van der Waals surface area (Å²) in [4.78, 5) is 248. The van der Waals surface area contributed by atoms with E-state index in [0.717, 1.165) is 12.2 Å². The number of nitrogens with one attached hydrogen (secondary N) is 11. The molecule has 47 heteroatoms. The highest BCUT2D eigenvalue weighted by atomic mass is 31.2. The number of phosphoric acid groups is 1. The van der Waals surface area contributed by atoms with Crippen LogP contribution in [0.1, 0.15) is 130 Å². The first-order chi connectivity index (χ1) is 65.5. The van der Waals surface area contributed by atoms with Crippen LogP contribution in [0.15, 0.2) is 97.1 Å². The summed E-state index contributed by atoms with van der Waals surface area (Å²) in [5.41, 5.74) is 1.63. The second-order valence-electron chi connectivity index (χ2n) is 34.4. The van der Waals surface area contributed by atoms with E-state index in [-0.39, 0.29) is 133 Å². The molecule has 14 N–H and O–H groups in total. The van der Waals surface area contributed by atoms with Crippen LogP contribution in [-0.2, 0) is 141 Å². The van der Waals surface area contributed by atoms with Crippen LogP contribution < -0.4 is 58.5 Å². The van der Waals surface area contributed by atoms with Gasteiger partial charge in [-0.3, -0.25) is 95.3 Å². The minimum Gasteiger partial charge on any atom is -0.464 e. The number of benzene rings is 3. The lowest BCUT2D eigenvalue weighted by molar-refractivity contribution is -0.148. The van der Waals surface area contributed by atoms with Gasteiger partial charge >= 0.3 is 21.4 Å². The van der Waals surface area contributed by atoms with E-state index in [4.69, 9.17) is 52.0 Å². The van der Waals surface area contributed by atoms with E-state index in [1.54, 1.807) is 91.4 Å². The molecule has 1 unspecified atom stereocenters. The summed E-state index contributed by atoms with van der Waals surface area (Å²) in [6, 6.07) is 14.1. The summed E-state index contributed by atoms with van der Waals surface area (Å²) < 4.78 is 75.4. The summed E-state index contributed by atoms with van der Waals surface area (Å²) in [6.45, 7) is 12.5. The molecule has 6 rings (SSSR count). The number of phosphoric ester groups is 1. The summed E-state index contributed by atoms with van der Waals surface area (Å²) >= 11 is 0. The molecule has 3 aliphatic heterocycles. The zero-order chi connectivity index (χ0) is 102. The predicted molar refractivity (Wildman–Crippen MR) is 498 cm³/mol. The number of nitrogens with zero attached hydrogens (tertiary/aromatic N) is 4. The lowest BCUT2D eigenvalue weighted by Crippen LogP contribution is -2.59. The minimum absolute atomic E-state index is 0.0141. The van der Waals surface area contributed by atoms with Crippen molar-refractivity contribution in [3.8, 4) is 0 Å². The van der Waals surface area contributed by atoms with E-state index in [1.807, 2.05) is 60.5 Å². The van der Waals surface area contributed by atoms with Crippen molar-refractivity contribution in [3.05, 3.63) is 114 Å². The Balaban J connectivity index is 0.926. The molecule has 2 fully saturated rings. The number of likely N-dealkylation sites (tertiary alicyclic amines) is 1. The fourth-order valence-corrected chi connectivity index (χ4v) is 17.1. The summed E-state index contributed by atoms with van der Waals surface area (Å²) in [6.07, 6.45) is -1.51. The normalized spacial score (nSPS) is 17.3. The van der Waals surface area contributed by atoms with Gasteiger partial charge < -0.3 is 116 Å². The van der Waals surface area contributed by atoms with Gasteiger partial charge in [0.25, 0.3) is 11.8 Å². The number of likely N-dealkylation sites (N-methyl/N-ethyl adjacent to an activating group) is 2. The van der Waals surface area contributed by atoms with E-state index in [9.17, 15) is 90.7 Å². The Labute approximate surface area is 803 Å². The van der Waals surface area contributed by atoms with Crippen molar-refractivity contribution in [2.45, 2.75) is 192 Å². The van der Waals surface area contributed by atoms with E-state index in [2.05, 4.69) is 58.5 Å². The number of carbonyl (C=O) groups is 16. The van der Waals surface area contributed by atoms with Crippen LogP contribution in [-0.4, -0.2) is 336 Å². The van der Waals surface area contributed by atoms with Gasteiger partial charge in [-0.05, 0) is 80.4 Å². The quantitative estimate of drug-likeness (QED) is 0.0154. The Morgan fingerprint density at radius 1 is 0.572 bits per heavy atom. The Hall–Kier alpha value is -10.9. The molecule has 138 heavy (non-hydrogen) atoms. The number of ether oxygens (including phenoxy) is 7. The third-order valence-electron chi connectivity index (χ3n) is 23.0. The average molecular weight is 1980 g/mol. The molecule has 766 valence electrons. The number of rotatable bonds is 63. The van der Waals surface area contributed by atoms with Gasteiger partial charge in [-0.25, -0.2) is 9.36 Å². The Morgan fingerprint density at radius 3 is 1.73 bits per heavy atom. The largest absolute Gasteiger partial charge is 0.473 e. The zero-order valence-corrected chi connectivity index (χ0v) is 82.2. The van der Waals surface area contributed by atoms with Crippen molar-refractivity contribution in [3.63, 3.8) is 0 Å². The highest BCUT2D eigenvalue weighted by molar-refractivity contribution is 7.51. The van der Waals surface area contributed by atoms with E-state index in [1.165, 1.54) is 38.5 Å². The van der Waals surface area contributed by atoms with E-state index in [0.29, 0.717) is 47.4 Å². The van der Waals surface area contributed by atoms with Crippen LogP contribution in [0.25, 0.3) is 0 Å². The van der Waals surface area contributed by atoms with Gasteiger partial charge in [-0.15, -0.1) is 0 Å². The maximum Gasteiger partial charge on any atom is 0.473 e. The number of imide groups is 1. The van der Waals surface area contributed by atoms with Crippen molar-refractivity contribution in [1.29, 1.82) is 0 Å². The van der Waals surface area contributed by atoms with E-state index < -0.39 is 223 Å². The molecular weight excluding hydrogens is 1850 g/mol. The zero-order valence-electron chi connectivity index (χ0n) is 80.4. The SMILES string of the molecule is CC[C@H](C)[C@@H]([C@@H](CC(=O)N1CCC[C@H]1[C@H](OC)[C@@H](C)C(=O)N[C@H](C)[C@@H](OP(=O)(O)OCc1ccc(NC(=O)CNC(=O)[C@H](Cc2ccccc2)NC(=O)CNC(=O)CNC(=O)[C@H](CC(=O)N[C@H]2CCOC2=O)NC(=O)CCOCCOCCOCCOCCNC(=O)[C@H](CNC(=O)CCP(=O)(O)O)N2C(=O)C=CC2=O)cc1)c1ccccc1)OC)N(C)C(=O)[C@@H](NC(=O)[C@H](C(C)C)N(C)C)C(C)C. The number of anilines is 1. The third-order valence-corrected chi connectivity index (χ3v) is 24.8. The van der Waals surface area contributed by atoms with Gasteiger partial charge in [0.2, 0.25) is 76.8 Å². The first-order valence-corrected chi connectivity index (χ1v) is 49.1. The molecule has 45 nitrogen and oxygen atoms in total. The Kier molecular flexibility index (Phi) is 49.4. The molecule has 0 aromatic heterocycles. The molecule has 3 aromatic rings. The van der Waals surface area contributed by atoms with Crippen LogP contribution in [0.5, 0.6) is 0 Å². The monoisotopic (exact) mass is 1980 g/mol. The highest BCUT2D eigenvalue weighted by Crippen LogP contribution is 2.50. The Morgan fingerprint density at radius 2 is 1.16 bits per heavy atom. The number of carbonyl (C=O) groups excluding carboxylic acids is 16. The van der Waals surface area contributed by atoms with Crippen molar-refractivity contribution in [1.82, 2.24) is 72.8 Å². The molecule has 3 heterocycles. The molecule has 3 aromatic carbocycles. The molecule has 15 atom stereocenters. The van der Waals surface area contributed by atoms with Gasteiger partial charge in [0.05, 0.1) is 147 Å². The highest BCUT2D eigenvalue weighted by Gasteiger charge is 2.46. The van der Waals surface area contributed by atoms with Crippen molar-refractivity contribution in [2.24, 2.45) is 23.7 Å². The molecule has 0 spiro atoms. The number of amides is 15. The van der Waals surface area contributed by atoms with Crippen LogP contribution >= 0.6 is 15.4 Å². The maximum atomic E-state index is 14.7. The number of esters is 1. The minimum atomic E-state index is -4.97. The Bertz CT molecular complexity index is 4640. The van der Waals surface area contributed by atoms with E-state index >= 15 is 0 Å². The standard InChI is InChI=1S/C91H137N15O30P2/c1-14-58(6)82(104(11)90(121)80(56(2)3)102-89(120)81(57(4)5)103(9)10)70(128-12)50-79(115)105-37-21-26-68(105)83(129-13)59(7)85(116)97-60(8)84(63-24-19-16-20-25-63)136-138(126,127)135-55-62-27-29-64(30-28-62)98-75(111)54-96-86(117)66(48-61-22-17-15-18-23-61)101-76(112)53-94-74(110)52-95-87(118)67(49-73(109)99-65-33-39-134-91(65)122)100-72(108)34-38-130-41-43-132-45-46-133-44-42-131-40-36-92-88(119)69(106-77(113)31-32-78(106)114)51-93-71(107)35-47-137(123,124)125/h15-20,22-25,27-32,56-60,65-70,80-84H,14,21,26,33-55H2,1-13H3,(H,92,119)(H,93,107)(H,94,110)(H,95,118)(H,96,117)(H,97,116)(H,98,111)(H,99,109)(H,100,108)(H,101,112)(H,102,120)(H,126,127)(H2,123,124,125)/t58-,59+,60+,65-,66-,67-,68-,69-,70+,80-,81-,82-,83+,84+/m0/s1. The summed E-state index contributed by atoms with van der Waals surface area (Å²) in [5, 5.41) is 28.0. The fourth-order valence-electron chi connectivity index (χ4n) is 15.7. The van der Waals surface area contributed by atoms with Crippen LogP contribution in [0.3, 0.4) is 0 Å². The maximum absolute atomic E-state index is 14.7. The lowest BCUT2D eigenvalue weighted by Gasteiger charge is -2.41. The number of cyclic esters (lactones) is 1. The number of methoxy groups -OCH3 is 2. The second kappa shape index (κ2) is 58.9. The van der Waals surface area contributed by atoms with Crippen LogP contribution in [0.4, 0.5) is 5.69 Å². The van der Waals surface area contributed by atoms with Crippen molar-refractivity contribution >= 4 is 116 Å². The molecule has 0 aliphatic carbocycles. The molecule has 3 aliphatic rings. The van der Waals surface area contributed by atoms with Crippen molar-refractivity contribution in [2.75, 3.05) is 146 Å². The van der Waals surface area contributed by atoms with Crippen molar-refractivity contribution < 1.29 is 143 Å². The molecule has 0 bridgehead atoms. The topological polar surface area (TPSA) is 596 Å². The van der Waals surface area contributed by atoms with Crippen LogP contribution in [0.2, 0.25) is 0 Å². The lowest BCUT2D eigenvalue weighted by atomic mass is 9.89. The third kappa shape index (κ3) is 39.4. The second-order valence-corrected chi connectivity index (χ2v) is 37.6. The smallest absolute Gasteiger partial charge is 0.464 e. The van der Waals surface area contributed by atoms with Gasteiger partial charge in [0.1, 0.15) is 36.3 Å². The predicted octanol–water partition coefficient (Wildman–Crippen LogP) is 0.0850. The average Bonchev–Trinajstić information content (AvgIpc) is 0.999. The molecular formula is C91H137N15O30P2. The van der Waals surface area contributed by atoms with Gasteiger partial charge in [-0.1, -0.05) is 128 Å². The van der Waals surface area contributed by atoms with Gasteiger partial charge in [-0.2, -0.15) is 0 Å². The first-order valence-electron chi connectivity index (χ1n) is 45.8. The van der Waals surface area contributed by atoms with Crippen LogP contribution in [0, 0.1) is 23.7 Å². The number of hydrogen-bond acceptors (Lipinski definition) is 28. The first kappa shape index (κ1) is 116. The summed E-state index contributed by atoms with van der Waals surface area (Å²) in [5.74, 6) is -12.4. The molecule has 0 radical (unpaired) electrons. The molecule has 15 amide bonds.